The van der Waals surface area contributed by atoms with Crippen molar-refractivity contribution in [2.75, 3.05) is 5.75 Å². The van der Waals surface area contributed by atoms with Gasteiger partial charge in [-0.05, 0) is 65.0 Å². The molecule has 1 amide bonds. The van der Waals surface area contributed by atoms with Gasteiger partial charge in [0.1, 0.15) is 17.3 Å². The van der Waals surface area contributed by atoms with Crippen LogP contribution in [0.2, 0.25) is 5.02 Å². The molecule has 4 rings (SSSR count). The standard InChI is InChI=1S/C20H15ClFN5O2S/c21-14-6-4-13(5-7-14)18-9-8-17(29-18)11-23-19(28)12-30-20-24-25-26-27(20)16-3-1-2-15(22)10-16/h1-10H,11-12H2,(H,23,28). The number of carbonyl (C=O) groups excluding carboxylic acids is 1. The van der Waals surface area contributed by atoms with E-state index in [9.17, 15) is 9.18 Å². The van der Waals surface area contributed by atoms with E-state index < -0.39 is 5.82 Å². The van der Waals surface area contributed by atoms with Crippen molar-refractivity contribution in [1.82, 2.24) is 25.5 Å². The summed E-state index contributed by atoms with van der Waals surface area (Å²) in [5, 5.41) is 15.2. The van der Waals surface area contributed by atoms with Gasteiger partial charge in [-0.25, -0.2) is 4.39 Å². The van der Waals surface area contributed by atoms with E-state index in [4.69, 9.17) is 16.0 Å². The molecule has 0 saturated carbocycles. The molecule has 0 atom stereocenters. The third-order valence-corrected chi connectivity index (χ3v) is 5.25. The number of furan rings is 1. The molecule has 0 unspecified atom stereocenters. The minimum atomic E-state index is -0.395. The Bertz CT molecular complexity index is 1160. The summed E-state index contributed by atoms with van der Waals surface area (Å²) in [6, 6.07) is 16.8. The third-order valence-electron chi connectivity index (χ3n) is 4.08. The molecule has 4 aromatic rings. The molecule has 30 heavy (non-hydrogen) atoms. The van der Waals surface area contributed by atoms with Gasteiger partial charge in [0.2, 0.25) is 11.1 Å². The molecule has 10 heteroatoms. The molecule has 0 spiro atoms. The van der Waals surface area contributed by atoms with Gasteiger partial charge in [-0.2, -0.15) is 4.68 Å². The fourth-order valence-electron chi connectivity index (χ4n) is 2.65. The summed E-state index contributed by atoms with van der Waals surface area (Å²) in [5.41, 5.74) is 1.38. The molecule has 0 aliphatic heterocycles. The molecule has 0 aliphatic rings. The summed E-state index contributed by atoms with van der Waals surface area (Å²) >= 11 is 7.05. The summed E-state index contributed by atoms with van der Waals surface area (Å²) < 4.78 is 20.6. The first-order valence-corrected chi connectivity index (χ1v) is 10.2. The largest absolute Gasteiger partial charge is 0.459 e. The van der Waals surface area contributed by atoms with Gasteiger partial charge in [-0.1, -0.05) is 29.4 Å². The Labute approximate surface area is 180 Å². The molecule has 7 nitrogen and oxygen atoms in total. The minimum Gasteiger partial charge on any atom is -0.459 e. The van der Waals surface area contributed by atoms with E-state index in [2.05, 4.69) is 20.8 Å². The summed E-state index contributed by atoms with van der Waals surface area (Å²) in [4.78, 5) is 12.2. The van der Waals surface area contributed by atoms with E-state index in [1.807, 2.05) is 24.3 Å². The Morgan fingerprint density at radius 1 is 1.17 bits per heavy atom. The third kappa shape index (κ3) is 4.87. The highest BCUT2D eigenvalue weighted by Gasteiger charge is 2.13. The Balaban J connectivity index is 1.31. The zero-order valence-electron chi connectivity index (χ0n) is 15.5. The van der Waals surface area contributed by atoms with Crippen LogP contribution in [-0.2, 0) is 11.3 Å². The number of benzene rings is 2. The summed E-state index contributed by atoms with van der Waals surface area (Å²) in [5.74, 6) is 0.814. The van der Waals surface area contributed by atoms with E-state index in [0.29, 0.717) is 27.4 Å². The molecule has 0 radical (unpaired) electrons. The fourth-order valence-corrected chi connectivity index (χ4v) is 3.49. The van der Waals surface area contributed by atoms with Crippen LogP contribution in [0, 0.1) is 5.82 Å². The molecule has 0 saturated heterocycles. The predicted molar refractivity (Wildman–Crippen MR) is 111 cm³/mol. The van der Waals surface area contributed by atoms with Crippen LogP contribution >= 0.6 is 23.4 Å². The number of hydrogen-bond donors (Lipinski definition) is 1. The lowest BCUT2D eigenvalue weighted by Gasteiger charge is -2.05. The van der Waals surface area contributed by atoms with Crippen LogP contribution < -0.4 is 5.32 Å². The quantitative estimate of drug-likeness (QED) is 0.432. The monoisotopic (exact) mass is 443 g/mol. The number of rotatable bonds is 7. The number of hydrogen-bond acceptors (Lipinski definition) is 6. The average molecular weight is 444 g/mol. The van der Waals surface area contributed by atoms with Crippen molar-refractivity contribution in [2.45, 2.75) is 11.7 Å². The van der Waals surface area contributed by atoms with Crippen molar-refractivity contribution in [3.63, 3.8) is 0 Å². The van der Waals surface area contributed by atoms with Crippen molar-refractivity contribution in [3.8, 4) is 17.0 Å². The van der Waals surface area contributed by atoms with Crippen LogP contribution in [0.4, 0.5) is 4.39 Å². The number of nitrogens with zero attached hydrogens (tertiary/aromatic N) is 4. The first-order chi connectivity index (χ1) is 14.6. The molecule has 1 N–H and O–H groups in total. The maximum absolute atomic E-state index is 13.4. The van der Waals surface area contributed by atoms with Gasteiger partial charge < -0.3 is 9.73 Å². The number of carbonyl (C=O) groups is 1. The number of tetrazole rings is 1. The molecule has 2 heterocycles. The Kier molecular flexibility index (Phi) is 6.10. The lowest BCUT2D eigenvalue weighted by molar-refractivity contribution is -0.118. The van der Waals surface area contributed by atoms with Crippen molar-refractivity contribution in [2.24, 2.45) is 0 Å². The number of thioether (sulfide) groups is 1. The summed E-state index contributed by atoms with van der Waals surface area (Å²) in [7, 11) is 0. The van der Waals surface area contributed by atoms with Gasteiger partial charge in [0.05, 0.1) is 18.0 Å². The molecular weight excluding hydrogens is 429 g/mol. The van der Waals surface area contributed by atoms with Crippen LogP contribution in [0.15, 0.2) is 70.2 Å². The zero-order valence-corrected chi connectivity index (χ0v) is 17.0. The molecular formula is C20H15ClFN5O2S. The van der Waals surface area contributed by atoms with Gasteiger partial charge in [0.25, 0.3) is 0 Å². The number of aromatic nitrogens is 4. The van der Waals surface area contributed by atoms with Crippen molar-refractivity contribution in [1.29, 1.82) is 0 Å². The zero-order chi connectivity index (χ0) is 20.9. The van der Waals surface area contributed by atoms with E-state index in [1.165, 1.54) is 16.8 Å². The smallest absolute Gasteiger partial charge is 0.230 e. The maximum Gasteiger partial charge on any atom is 0.230 e. The summed E-state index contributed by atoms with van der Waals surface area (Å²) in [6.07, 6.45) is 0. The molecule has 0 fully saturated rings. The average Bonchev–Trinajstić information content (AvgIpc) is 3.41. The van der Waals surface area contributed by atoms with Crippen LogP contribution in [0.1, 0.15) is 5.76 Å². The van der Waals surface area contributed by atoms with Crippen molar-refractivity contribution in [3.05, 3.63) is 77.3 Å². The van der Waals surface area contributed by atoms with E-state index in [-0.39, 0.29) is 18.2 Å². The minimum absolute atomic E-state index is 0.0977. The van der Waals surface area contributed by atoms with Crippen molar-refractivity contribution >= 4 is 29.3 Å². The Morgan fingerprint density at radius 3 is 2.80 bits per heavy atom. The molecule has 0 aliphatic carbocycles. The number of amides is 1. The number of nitrogens with one attached hydrogen (secondary N) is 1. The second kappa shape index (κ2) is 9.10. The predicted octanol–water partition coefficient (Wildman–Crippen LogP) is 4.12. The molecule has 152 valence electrons. The van der Waals surface area contributed by atoms with Gasteiger partial charge in [0, 0.05) is 10.6 Å². The van der Waals surface area contributed by atoms with E-state index in [0.717, 1.165) is 17.3 Å². The van der Waals surface area contributed by atoms with Crippen LogP contribution in [-0.4, -0.2) is 31.9 Å². The van der Waals surface area contributed by atoms with E-state index in [1.54, 1.807) is 24.3 Å². The van der Waals surface area contributed by atoms with Gasteiger partial charge in [-0.15, -0.1) is 5.10 Å². The first kappa shape index (κ1) is 20.1. The Hall–Kier alpha value is -3.17. The normalized spacial score (nSPS) is 10.9. The van der Waals surface area contributed by atoms with Crippen LogP contribution in [0.5, 0.6) is 0 Å². The van der Waals surface area contributed by atoms with Crippen LogP contribution in [0.3, 0.4) is 0 Å². The first-order valence-electron chi connectivity index (χ1n) is 8.87. The fraction of sp³-hybridized carbons (Fsp3) is 0.100. The number of halogens is 2. The van der Waals surface area contributed by atoms with Crippen molar-refractivity contribution < 1.29 is 13.6 Å². The molecule has 2 aromatic heterocycles. The SMILES string of the molecule is O=C(CSc1nnnn1-c1cccc(F)c1)NCc1ccc(-c2ccc(Cl)cc2)o1. The molecule has 2 aromatic carbocycles. The lowest BCUT2D eigenvalue weighted by atomic mass is 10.2. The van der Waals surface area contributed by atoms with Gasteiger partial charge in [-0.3, -0.25) is 4.79 Å². The van der Waals surface area contributed by atoms with Crippen LogP contribution in [0.25, 0.3) is 17.0 Å². The van der Waals surface area contributed by atoms with Gasteiger partial charge in [0.15, 0.2) is 0 Å². The maximum atomic E-state index is 13.4. The lowest BCUT2D eigenvalue weighted by Crippen LogP contribution is -2.24. The van der Waals surface area contributed by atoms with Gasteiger partial charge >= 0.3 is 0 Å². The highest BCUT2D eigenvalue weighted by molar-refractivity contribution is 7.99. The summed E-state index contributed by atoms with van der Waals surface area (Å²) in [6.45, 7) is 0.252. The Morgan fingerprint density at radius 2 is 2.00 bits per heavy atom. The second-order valence-corrected chi connectivity index (χ2v) is 7.57. The second-order valence-electron chi connectivity index (χ2n) is 6.19. The van der Waals surface area contributed by atoms with E-state index >= 15 is 0 Å². The topological polar surface area (TPSA) is 85.8 Å². The highest BCUT2D eigenvalue weighted by Crippen LogP contribution is 2.24. The highest BCUT2D eigenvalue weighted by atomic mass is 35.5. The molecule has 0 bridgehead atoms.